The lowest BCUT2D eigenvalue weighted by Gasteiger charge is -2.27. The number of benzene rings is 1. The van der Waals surface area contributed by atoms with E-state index in [4.69, 9.17) is 10.1 Å². The highest BCUT2D eigenvalue weighted by Gasteiger charge is 2.28. The lowest BCUT2D eigenvalue weighted by Crippen LogP contribution is -2.32. The summed E-state index contributed by atoms with van der Waals surface area (Å²) in [7, 11) is 0. The second-order valence-electron chi connectivity index (χ2n) is 9.31. The van der Waals surface area contributed by atoms with Crippen molar-refractivity contribution in [3.8, 4) is 0 Å². The molecule has 0 fully saturated rings. The monoisotopic (exact) mass is 483 g/mol. The summed E-state index contributed by atoms with van der Waals surface area (Å²) < 4.78 is 2.05. The summed E-state index contributed by atoms with van der Waals surface area (Å²) in [5, 5.41) is 7.86. The minimum absolute atomic E-state index is 0.151. The smallest absolute Gasteiger partial charge is 0.272 e. The number of hydrogen-bond donors (Lipinski definition) is 2. The first-order valence-corrected chi connectivity index (χ1v) is 12.7. The van der Waals surface area contributed by atoms with Crippen molar-refractivity contribution in [2.24, 2.45) is 0 Å². The molecule has 36 heavy (non-hydrogen) atoms. The van der Waals surface area contributed by atoms with Crippen LogP contribution in [0.5, 0.6) is 0 Å². The summed E-state index contributed by atoms with van der Waals surface area (Å²) >= 11 is 0. The van der Waals surface area contributed by atoms with Crippen LogP contribution >= 0.6 is 0 Å². The molecule has 0 aliphatic carbocycles. The van der Waals surface area contributed by atoms with Gasteiger partial charge in [0.1, 0.15) is 5.82 Å². The van der Waals surface area contributed by atoms with Crippen LogP contribution in [-0.2, 0) is 45.4 Å². The van der Waals surface area contributed by atoms with Gasteiger partial charge in [-0.2, -0.15) is 5.10 Å². The van der Waals surface area contributed by atoms with Gasteiger partial charge in [-0.25, -0.2) is 4.98 Å². The molecule has 0 unspecified atom stereocenters. The highest BCUT2D eigenvalue weighted by molar-refractivity contribution is 5.94. The number of fused-ring (bicyclic) bond motifs is 1. The molecule has 0 spiro atoms. The van der Waals surface area contributed by atoms with E-state index in [1.54, 1.807) is 6.20 Å². The van der Waals surface area contributed by atoms with E-state index in [0.717, 1.165) is 73.1 Å². The second kappa shape index (κ2) is 10.9. The van der Waals surface area contributed by atoms with Crippen LogP contribution in [-0.4, -0.2) is 42.1 Å². The Bertz CT molecular complexity index is 1310. The fourth-order valence-corrected chi connectivity index (χ4v) is 4.78. The number of amides is 1. The van der Waals surface area contributed by atoms with Crippen molar-refractivity contribution < 1.29 is 4.79 Å². The fraction of sp³-hybridized carbons (Fsp3) is 0.357. The number of aromatic amines is 1. The molecule has 0 bridgehead atoms. The van der Waals surface area contributed by atoms with Crippen LogP contribution in [0.4, 0.5) is 0 Å². The first kappa shape index (κ1) is 23.9. The predicted octanol–water partition coefficient (Wildman–Crippen LogP) is 3.60. The highest BCUT2D eigenvalue weighted by atomic mass is 16.2. The van der Waals surface area contributed by atoms with Crippen LogP contribution in [0.25, 0.3) is 0 Å². The predicted molar refractivity (Wildman–Crippen MR) is 138 cm³/mol. The van der Waals surface area contributed by atoms with Crippen LogP contribution in [0.15, 0.2) is 54.7 Å². The average Bonchev–Trinajstić information content (AvgIpc) is 3.46. The normalized spacial score (nSPS) is 13.5. The molecule has 1 aromatic carbocycles. The average molecular weight is 484 g/mol. The summed E-state index contributed by atoms with van der Waals surface area (Å²) in [5.74, 6) is 0.866. The Morgan fingerprint density at radius 1 is 1.14 bits per heavy atom. The number of carbonyl (C=O) groups is 1. The number of rotatable bonds is 9. The quantitative estimate of drug-likeness (QED) is 0.380. The SMILES string of the molecule is CCc1nc(CN2CCc3c(c(C(=O)NCc4ccccn4)nn3CCc3ccccc3)C2)c(C)[nH]1. The van der Waals surface area contributed by atoms with Crippen molar-refractivity contribution in [3.63, 3.8) is 0 Å². The van der Waals surface area contributed by atoms with Crippen molar-refractivity contribution in [1.82, 2.24) is 34.9 Å². The van der Waals surface area contributed by atoms with Crippen LogP contribution in [0.2, 0.25) is 0 Å². The van der Waals surface area contributed by atoms with Crippen LogP contribution in [0.1, 0.15) is 57.1 Å². The number of hydrogen-bond acceptors (Lipinski definition) is 5. The molecule has 2 N–H and O–H groups in total. The minimum Gasteiger partial charge on any atom is -0.346 e. The molecule has 186 valence electrons. The van der Waals surface area contributed by atoms with Gasteiger partial charge in [-0.05, 0) is 31.0 Å². The maximum absolute atomic E-state index is 13.3. The first-order chi connectivity index (χ1) is 17.6. The molecular weight excluding hydrogens is 450 g/mol. The van der Waals surface area contributed by atoms with Crippen LogP contribution < -0.4 is 5.32 Å². The van der Waals surface area contributed by atoms with Gasteiger partial charge in [0.25, 0.3) is 5.91 Å². The molecule has 4 heterocycles. The topological polar surface area (TPSA) is 91.7 Å². The van der Waals surface area contributed by atoms with Crippen molar-refractivity contribution in [2.45, 2.75) is 59.3 Å². The Kier molecular flexibility index (Phi) is 7.23. The molecule has 4 aromatic rings. The zero-order valence-electron chi connectivity index (χ0n) is 21.0. The number of imidazole rings is 1. The molecule has 1 aliphatic heterocycles. The van der Waals surface area contributed by atoms with Gasteiger partial charge in [0, 0.05) is 62.2 Å². The summed E-state index contributed by atoms with van der Waals surface area (Å²) in [4.78, 5) is 28.1. The van der Waals surface area contributed by atoms with Crippen LogP contribution in [0, 0.1) is 6.92 Å². The van der Waals surface area contributed by atoms with Gasteiger partial charge in [-0.15, -0.1) is 0 Å². The maximum Gasteiger partial charge on any atom is 0.272 e. The largest absolute Gasteiger partial charge is 0.346 e. The van der Waals surface area contributed by atoms with Crippen molar-refractivity contribution in [1.29, 1.82) is 0 Å². The number of nitrogens with zero attached hydrogens (tertiary/aromatic N) is 5. The summed E-state index contributed by atoms with van der Waals surface area (Å²) in [6, 6.07) is 16.1. The third-order valence-electron chi connectivity index (χ3n) is 6.78. The van der Waals surface area contributed by atoms with E-state index in [2.05, 4.69) is 58.3 Å². The molecule has 1 amide bonds. The van der Waals surface area contributed by atoms with E-state index in [9.17, 15) is 4.79 Å². The van der Waals surface area contributed by atoms with E-state index >= 15 is 0 Å². The third kappa shape index (κ3) is 5.39. The molecular formula is C28H33N7O. The number of aryl methyl sites for hydroxylation is 4. The summed E-state index contributed by atoms with van der Waals surface area (Å²) in [6.45, 7) is 7.66. The molecule has 3 aromatic heterocycles. The zero-order valence-corrected chi connectivity index (χ0v) is 21.0. The number of aromatic nitrogens is 5. The fourth-order valence-electron chi connectivity index (χ4n) is 4.78. The maximum atomic E-state index is 13.3. The molecule has 0 saturated carbocycles. The van der Waals surface area contributed by atoms with Gasteiger partial charge < -0.3 is 10.3 Å². The molecule has 8 heteroatoms. The van der Waals surface area contributed by atoms with Crippen molar-refractivity contribution >= 4 is 5.91 Å². The van der Waals surface area contributed by atoms with E-state index in [-0.39, 0.29) is 5.91 Å². The number of nitrogens with one attached hydrogen (secondary N) is 2. The number of H-pyrrole nitrogens is 1. The van der Waals surface area contributed by atoms with Crippen molar-refractivity contribution in [3.05, 3.63) is 100 Å². The van der Waals surface area contributed by atoms with Gasteiger partial charge in [0.05, 0.1) is 17.9 Å². The standard InChI is InChI=1S/C28H33N7O/c1-3-26-31-20(2)24(32-26)19-34-15-13-25-23(18-34)27(28(36)30-17-22-11-7-8-14-29-22)33-35(25)16-12-21-9-5-4-6-10-21/h4-11,14H,3,12-13,15-19H2,1-2H3,(H,30,36)(H,31,32). The summed E-state index contributed by atoms with van der Waals surface area (Å²) in [6.07, 6.45) is 4.36. The van der Waals surface area contributed by atoms with Crippen molar-refractivity contribution in [2.75, 3.05) is 6.54 Å². The Hall–Kier alpha value is -3.78. The zero-order chi connectivity index (χ0) is 24.9. The molecule has 0 atom stereocenters. The number of pyridine rings is 1. The van der Waals surface area contributed by atoms with E-state index in [1.807, 2.05) is 28.9 Å². The Labute approximate surface area is 211 Å². The van der Waals surface area contributed by atoms with E-state index in [0.29, 0.717) is 18.8 Å². The Morgan fingerprint density at radius 2 is 1.97 bits per heavy atom. The minimum atomic E-state index is -0.151. The van der Waals surface area contributed by atoms with E-state index < -0.39 is 0 Å². The molecule has 0 radical (unpaired) electrons. The molecule has 8 nitrogen and oxygen atoms in total. The molecule has 0 saturated heterocycles. The highest BCUT2D eigenvalue weighted by Crippen LogP contribution is 2.25. The Balaban J connectivity index is 1.36. The van der Waals surface area contributed by atoms with Gasteiger partial charge in [0.15, 0.2) is 5.69 Å². The Morgan fingerprint density at radius 3 is 2.72 bits per heavy atom. The van der Waals surface area contributed by atoms with Gasteiger partial charge >= 0.3 is 0 Å². The molecule has 1 aliphatic rings. The van der Waals surface area contributed by atoms with Gasteiger partial charge in [-0.1, -0.05) is 43.3 Å². The lowest BCUT2D eigenvalue weighted by atomic mass is 10.0. The number of carbonyl (C=O) groups excluding carboxylic acids is 1. The van der Waals surface area contributed by atoms with Crippen LogP contribution in [0.3, 0.4) is 0 Å². The molecule has 5 rings (SSSR count). The lowest BCUT2D eigenvalue weighted by molar-refractivity contribution is 0.0942. The van der Waals surface area contributed by atoms with Gasteiger partial charge in [-0.3, -0.25) is 19.4 Å². The second-order valence-corrected chi connectivity index (χ2v) is 9.31. The summed E-state index contributed by atoms with van der Waals surface area (Å²) in [5.41, 5.74) is 6.99. The van der Waals surface area contributed by atoms with Gasteiger partial charge in [0.2, 0.25) is 0 Å². The first-order valence-electron chi connectivity index (χ1n) is 12.7. The third-order valence-corrected chi connectivity index (χ3v) is 6.78. The van der Waals surface area contributed by atoms with E-state index in [1.165, 1.54) is 5.56 Å².